The van der Waals surface area contributed by atoms with Gasteiger partial charge in [-0.05, 0) is 42.8 Å². The monoisotopic (exact) mass is 546 g/mol. The summed E-state index contributed by atoms with van der Waals surface area (Å²) in [6.07, 6.45) is 6.50. The van der Waals surface area contributed by atoms with Crippen LogP contribution in [0.15, 0.2) is 67.0 Å². The number of ether oxygens (including phenoxy) is 1. The number of nitrogens with zero attached hydrogens (tertiary/aromatic N) is 4. The van der Waals surface area contributed by atoms with E-state index in [2.05, 4.69) is 41.0 Å². The van der Waals surface area contributed by atoms with Crippen molar-refractivity contribution < 1.29 is 19.1 Å². The summed E-state index contributed by atoms with van der Waals surface area (Å²) in [6.45, 7) is 0. The number of anilines is 2. The second-order valence-corrected chi connectivity index (χ2v) is 9.01. The Morgan fingerprint density at radius 2 is 2.05 bits per heavy atom. The van der Waals surface area contributed by atoms with Crippen LogP contribution in [-0.4, -0.2) is 50.0 Å². The molecule has 3 heterocycles. The lowest BCUT2D eigenvalue weighted by atomic mass is 10.1. The first-order valence-corrected chi connectivity index (χ1v) is 12.3. The third-order valence-electron chi connectivity index (χ3n) is 5.89. The van der Waals surface area contributed by atoms with Gasteiger partial charge < -0.3 is 20.4 Å². The summed E-state index contributed by atoms with van der Waals surface area (Å²) >= 11 is 6.06. The second-order valence-electron chi connectivity index (χ2n) is 8.57. The average Bonchev–Trinajstić information content (AvgIpc) is 3.61. The molecule has 1 atom stereocenters. The van der Waals surface area contributed by atoms with E-state index in [4.69, 9.17) is 11.6 Å². The molecular weight excluding hydrogens is 524 g/mol. The molecule has 39 heavy (non-hydrogen) atoms. The molecule has 5 rings (SSSR count). The Balaban J connectivity index is 1.41. The van der Waals surface area contributed by atoms with Crippen molar-refractivity contribution in [3.05, 3.63) is 83.6 Å². The van der Waals surface area contributed by atoms with Crippen molar-refractivity contribution >= 4 is 40.9 Å². The molecule has 1 aliphatic heterocycles. The van der Waals surface area contributed by atoms with Crippen molar-refractivity contribution in [2.75, 3.05) is 17.7 Å². The fraction of sp³-hybridized carbons (Fsp3) is 0.154. The highest BCUT2D eigenvalue weighted by Crippen LogP contribution is 2.31. The number of rotatable bonds is 4. The zero-order chi connectivity index (χ0) is 27.4. The lowest BCUT2D eigenvalue weighted by Crippen LogP contribution is -2.29. The lowest BCUT2D eigenvalue weighted by Gasteiger charge is -2.16. The topological polar surface area (TPSA) is 156 Å². The van der Waals surface area contributed by atoms with Gasteiger partial charge in [-0.1, -0.05) is 35.0 Å². The lowest BCUT2D eigenvalue weighted by molar-refractivity contribution is -0.115. The standard InChI is InChI=1S/C26H23ClN8O4/c1-39-26(38)29-16-9-10-18-20(12-16)30-23(36)8-3-2-7-19(24-28-13-21(18)31-24)32-25(37)22-14-35(34-33-22)17-6-4-5-15(27)11-17/h2-6,9-14,19H,7-8H2,1H3,(H,28,31)(H,29,38)(H,30,36)(H,32,37)/b3-2+. The molecule has 0 aliphatic carbocycles. The summed E-state index contributed by atoms with van der Waals surface area (Å²) < 4.78 is 6.11. The minimum absolute atomic E-state index is 0.113. The number of nitrogens with one attached hydrogen (secondary N) is 4. The first kappa shape index (κ1) is 25.7. The number of halogens is 1. The van der Waals surface area contributed by atoms with Gasteiger partial charge in [-0.15, -0.1) is 5.10 Å². The van der Waals surface area contributed by atoms with Crippen LogP contribution in [0, 0.1) is 0 Å². The number of H-pyrrole nitrogens is 1. The molecule has 4 aromatic rings. The number of hydrogen-bond donors (Lipinski definition) is 4. The quantitative estimate of drug-likeness (QED) is 0.279. The maximum Gasteiger partial charge on any atom is 0.411 e. The number of carbonyl (C=O) groups is 3. The summed E-state index contributed by atoms with van der Waals surface area (Å²) in [6, 6.07) is 11.5. The Hall–Kier alpha value is -4.97. The zero-order valence-corrected chi connectivity index (χ0v) is 21.4. The Morgan fingerprint density at radius 3 is 2.87 bits per heavy atom. The van der Waals surface area contributed by atoms with Crippen LogP contribution in [0.4, 0.5) is 16.2 Å². The van der Waals surface area contributed by atoms with Crippen molar-refractivity contribution in [1.29, 1.82) is 0 Å². The van der Waals surface area contributed by atoms with Gasteiger partial charge in [-0.3, -0.25) is 14.9 Å². The Kier molecular flexibility index (Phi) is 7.37. The first-order chi connectivity index (χ1) is 18.9. The summed E-state index contributed by atoms with van der Waals surface area (Å²) in [7, 11) is 1.26. The molecule has 3 amide bonds. The number of carbonyl (C=O) groups excluding carboxylic acids is 3. The number of methoxy groups -OCH3 is 1. The molecule has 198 valence electrons. The highest BCUT2D eigenvalue weighted by molar-refractivity contribution is 6.30. The minimum Gasteiger partial charge on any atom is -0.453 e. The third kappa shape index (κ3) is 5.96. The minimum atomic E-state index is -0.632. The van der Waals surface area contributed by atoms with Crippen LogP contribution in [0.1, 0.15) is 35.2 Å². The molecule has 0 fully saturated rings. The molecule has 2 bridgehead atoms. The van der Waals surface area contributed by atoms with Gasteiger partial charge in [0, 0.05) is 22.7 Å². The van der Waals surface area contributed by atoms with E-state index in [0.717, 1.165) is 0 Å². The van der Waals surface area contributed by atoms with Gasteiger partial charge in [0.25, 0.3) is 5.91 Å². The summed E-state index contributed by atoms with van der Waals surface area (Å²) in [5.41, 5.74) is 2.96. The number of aromatic amines is 1. The maximum absolute atomic E-state index is 13.1. The molecule has 4 N–H and O–H groups in total. The molecule has 2 aromatic carbocycles. The molecule has 1 aliphatic rings. The highest BCUT2D eigenvalue weighted by Gasteiger charge is 2.22. The van der Waals surface area contributed by atoms with Crippen LogP contribution in [0.5, 0.6) is 0 Å². The van der Waals surface area contributed by atoms with E-state index in [-0.39, 0.29) is 18.0 Å². The molecule has 0 spiro atoms. The van der Waals surface area contributed by atoms with E-state index >= 15 is 0 Å². The fourth-order valence-electron chi connectivity index (χ4n) is 3.99. The number of aromatic nitrogens is 5. The number of hydrogen-bond acceptors (Lipinski definition) is 7. The molecule has 13 heteroatoms. The molecule has 0 radical (unpaired) electrons. The van der Waals surface area contributed by atoms with Gasteiger partial charge in [-0.25, -0.2) is 14.5 Å². The SMILES string of the molecule is COC(=O)Nc1ccc2c(c1)NC(=O)C/C=C/CC(NC(=O)c1cn(-c3cccc(Cl)c3)nn1)c1ncc-2[nH]1. The van der Waals surface area contributed by atoms with Gasteiger partial charge in [0.15, 0.2) is 5.69 Å². The van der Waals surface area contributed by atoms with Gasteiger partial charge in [0.2, 0.25) is 5.91 Å². The molecule has 1 unspecified atom stereocenters. The van der Waals surface area contributed by atoms with Crippen LogP contribution in [0.25, 0.3) is 16.9 Å². The van der Waals surface area contributed by atoms with E-state index in [1.54, 1.807) is 60.8 Å². The molecular formula is C26H23ClN8O4. The Morgan fingerprint density at radius 1 is 1.18 bits per heavy atom. The van der Waals surface area contributed by atoms with Crippen LogP contribution in [0.3, 0.4) is 0 Å². The fourth-order valence-corrected chi connectivity index (χ4v) is 4.17. The van der Waals surface area contributed by atoms with Crippen LogP contribution < -0.4 is 16.0 Å². The third-order valence-corrected chi connectivity index (χ3v) is 6.12. The largest absolute Gasteiger partial charge is 0.453 e. The average molecular weight is 547 g/mol. The van der Waals surface area contributed by atoms with Gasteiger partial charge in [0.05, 0.1) is 42.6 Å². The van der Waals surface area contributed by atoms with Crippen molar-refractivity contribution in [3.63, 3.8) is 0 Å². The van der Waals surface area contributed by atoms with Crippen molar-refractivity contribution in [3.8, 4) is 16.9 Å². The molecule has 0 saturated carbocycles. The summed E-state index contributed by atoms with van der Waals surface area (Å²) in [4.78, 5) is 45.1. The van der Waals surface area contributed by atoms with Crippen molar-refractivity contribution in [1.82, 2.24) is 30.3 Å². The number of imidazole rings is 1. The summed E-state index contributed by atoms with van der Waals surface area (Å²) in [5, 5.41) is 17.0. The van der Waals surface area contributed by atoms with E-state index < -0.39 is 18.0 Å². The number of benzene rings is 2. The van der Waals surface area contributed by atoms with E-state index in [9.17, 15) is 14.4 Å². The van der Waals surface area contributed by atoms with Gasteiger partial charge in [-0.2, -0.15) is 0 Å². The first-order valence-electron chi connectivity index (χ1n) is 11.9. The normalized spacial score (nSPS) is 15.6. The highest BCUT2D eigenvalue weighted by atomic mass is 35.5. The van der Waals surface area contributed by atoms with Gasteiger partial charge >= 0.3 is 6.09 Å². The van der Waals surface area contributed by atoms with Gasteiger partial charge in [0.1, 0.15) is 5.82 Å². The molecule has 2 aromatic heterocycles. The Labute approximate surface area is 227 Å². The predicted octanol–water partition coefficient (Wildman–Crippen LogP) is 4.25. The van der Waals surface area contributed by atoms with E-state index in [0.29, 0.717) is 45.6 Å². The second kappa shape index (κ2) is 11.2. The van der Waals surface area contributed by atoms with E-state index in [1.807, 2.05) is 0 Å². The van der Waals surface area contributed by atoms with Crippen LogP contribution in [-0.2, 0) is 9.53 Å². The molecule has 0 saturated heterocycles. The van der Waals surface area contributed by atoms with E-state index in [1.165, 1.54) is 18.0 Å². The Bertz CT molecular complexity index is 1580. The van der Waals surface area contributed by atoms with Crippen LogP contribution in [0.2, 0.25) is 5.02 Å². The maximum atomic E-state index is 13.1. The van der Waals surface area contributed by atoms with Crippen LogP contribution >= 0.6 is 11.6 Å². The summed E-state index contributed by atoms with van der Waals surface area (Å²) in [5.74, 6) is -0.176. The number of amides is 3. The predicted molar refractivity (Wildman–Crippen MR) is 144 cm³/mol. The zero-order valence-electron chi connectivity index (χ0n) is 20.6. The smallest absolute Gasteiger partial charge is 0.411 e. The number of fused-ring (bicyclic) bond motifs is 4. The molecule has 12 nitrogen and oxygen atoms in total. The van der Waals surface area contributed by atoms with Crippen molar-refractivity contribution in [2.45, 2.75) is 18.9 Å². The van der Waals surface area contributed by atoms with Crippen molar-refractivity contribution in [2.24, 2.45) is 0 Å².